The van der Waals surface area contributed by atoms with Crippen molar-refractivity contribution < 1.29 is 9.53 Å². The van der Waals surface area contributed by atoms with E-state index in [4.69, 9.17) is 0 Å². The van der Waals surface area contributed by atoms with Crippen LogP contribution < -0.4 is 0 Å². The van der Waals surface area contributed by atoms with E-state index in [1.54, 1.807) is 12.1 Å². The van der Waals surface area contributed by atoms with Crippen molar-refractivity contribution in [1.29, 1.82) is 0 Å². The standard InChI is InChI=1S/C9H7Br3O2.C2H6/c1-14-9(13)5-2-7(11)6(4-10)8(12)3-5;1-2/h2-3H,4H2,1H3;1-2H3. The fourth-order valence-electron chi connectivity index (χ4n) is 0.966. The van der Waals surface area contributed by atoms with Gasteiger partial charge in [0, 0.05) is 14.3 Å². The van der Waals surface area contributed by atoms with Gasteiger partial charge in [-0.3, -0.25) is 0 Å². The number of carbonyl (C=O) groups excluding carboxylic acids is 1. The summed E-state index contributed by atoms with van der Waals surface area (Å²) in [5.74, 6) is -0.340. The highest BCUT2D eigenvalue weighted by molar-refractivity contribution is 9.11. The molecule has 0 bridgehead atoms. The third-order valence-corrected chi connectivity index (χ3v) is 3.67. The highest BCUT2D eigenvalue weighted by atomic mass is 79.9. The minimum absolute atomic E-state index is 0.340. The monoisotopic (exact) mass is 414 g/mol. The van der Waals surface area contributed by atoms with Crippen LogP contribution in [0.5, 0.6) is 0 Å². The lowest BCUT2D eigenvalue weighted by Crippen LogP contribution is -2.02. The molecular weight excluding hydrogens is 404 g/mol. The molecule has 0 unspecified atom stereocenters. The number of benzene rings is 1. The fraction of sp³-hybridized carbons (Fsp3) is 0.364. The van der Waals surface area contributed by atoms with Gasteiger partial charge in [0.15, 0.2) is 0 Å². The SMILES string of the molecule is CC.COC(=O)c1cc(Br)c(CBr)c(Br)c1. The molecule has 0 aliphatic rings. The fourth-order valence-corrected chi connectivity index (χ4v) is 3.79. The Morgan fingerprint density at radius 2 is 1.69 bits per heavy atom. The molecule has 0 spiro atoms. The molecule has 0 aromatic heterocycles. The van der Waals surface area contributed by atoms with Gasteiger partial charge in [-0.2, -0.15) is 0 Å². The summed E-state index contributed by atoms with van der Waals surface area (Å²) in [7, 11) is 1.36. The van der Waals surface area contributed by atoms with Crippen LogP contribution in [0.3, 0.4) is 0 Å². The lowest BCUT2D eigenvalue weighted by atomic mass is 10.1. The Balaban J connectivity index is 0.00000106. The van der Waals surface area contributed by atoms with Crippen molar-refractivity contribution in [2.45, 2.75) is 19.2 Å². The number of rotatable bonds is 2. The first-order valence-electron chi connectivity index (χ1n) is 4.72. The van der Waals surface area contributed by atoms with Crippen LogP contribution in [-0.2, 0) is 10.1 Å². The zero-order valence-corrected chi connectivity index (χ0v) is 14.1. The van der Waals surface area contributed by atoms with Crippen molar-refractivity contribution in [3.63, 3.8) is 0 Å². The molecule has 0 N–H and O–H groups in total. The molecule has 2 nitrogen and oxygen atoms in total. The van der Waals surface area contributed by atoms with Gasteiger partial charge < -0.3 is 4.74 Å². The van der Waals surface area contributed by atoms with Gasteiger partial charge in [-0.1, -0.05) is 61.6 Å². The van der Waals surface area contributed by atoms with Gasteiger partial charge in [0.1, 0.15) is 0 Å². The predicted octanol–water partition coefficient (Wildman–Crippen LogP) is 4.92. The molecule has 90 valence electrons. The summed E-state index contributed by atoms with van der Waals surface area (Å²) in [6.07, 6.45) is 0. The van der Waals surface area contributed by atoms with Crippen molar-refractivity contribution in [1.82, 2.24) is 0 Å². The number of halogens is 3. The lowest BCUT2D eigenvalue weighted by molar-refractivity contribution is 0.0600. The highest BCUT2D eigenvalue weighted by Gasteiger charge is 2.11. The van der Waals surface area contributed by atoms with E-state index in [9.17, 15) is 4.79 Å². The lowest BCUT2D eigenvalue weighted by Gasteiger charge is -2.06. The van der Waals surface area contributed by atoms with Crippen LogP contribution in [0.15, 0.2) is 21.1 Å². The second-order valence-electron chi connectivity index (χ2n) is 2.54. The Labute approximate surface area is 121 Å². The van der Waals surface area contributed by atoms with E-state index in [0.717, 1.165) is 19.8 Å². The summed E-state index contributed by atoms with van der Waals surface area (Å²) in [5.41, 5.74) is 1.59. The molecule has 5 heteroatoms. The quantitative estimate of drug-likeness (QED) is 0.505. The van der Waals surface area contributed by atoms with E-state index in [2.05, 4.69) is 52.5 Å². The van der Waals surface area contributed by atoms with Crippen molar-refractivity contribution in [3.05, 3.63) is 32.2 Å². The number of methoxy groups -OCH3 is 1. The highest BCUT2D eigenvalue weighted by Crippen LogP contribution is 2.29. The van der Waals surface area contributed by atoms with Crippen LogP contribution in [-0.4, -0.2) is 13.1 Å². The molecule has 0 radical (unpaired) electrons. The molecule has 0 amide bonds. The minimum atomic E-state index is -0.340. The number of hydrogen-bond donors (Lipinski definition) is 0. The zero-order chi connectivity index (χ0) is 12.7. The third kappa shape index (κ3) is 4.18. The first kappa shape index (κ1) is 16.1. The molecule has 0 fully saturated rings. The van der Waals surface area contributed by atoms with Gasteiger partial charge in [-0.15, -0.1) is 0 Å². The second kappa shape index (κ2) is 8.25. The van der Waals surface area contributed by atoms with Crippen LogP contribution in [0.1, 0.15) is 29.8 Å². The molecule has 0 saturated heterocycles. The van der Waals surface area contributed by atoms with Gasteiger partial charge in [-0.25, -0.2) is 4.79 Å². The number of hydrogen-bond acceptors (Lipinski definition) is 2. The summed E-state index contributed by atoms with van der Waals surface area (Å²) in [6, 6.07) is 3.49. The summed E-state index contributed by atoms with van der Waals surface area (Å²) in [5, 5.41) is 0.718. The van der Waals surface area contributed by atoms with Crippen molar-refractivity contribution in [2.75, 3.05) is 7.11 Å². The van der Waals surface area contributed by atoms with Gasteiger partial charge in [0.05, 0.1) is 12.7 Å². The smallest absolute Gasteiger partial charge is 0.337 e. The van der Waals surface area contributed by atoms with E-state index in [1.807, 2.05) is 13.8 Å². The van der Waals surface area contributed by atoms with Crippen LogP contribution >= 0.6 is 47.8 Å². The largest absolute Gasteiger partial charge is 0.465 e. The maximum Gasteiger partial charge on any atom is 0.337 e. The first-order chi connectivity index (χ1) is 7.60. The predicted molar refractivity (Wildman–Crippen MR) is 77.2 cm³/mol. The number of alkyl halides is 1. The normalized spacial score (nSPS) is 9.12. The molecule has 16 heavy (non-hydrogen) atoms. The van der Waals surface area contributed by atoms with Gasteiger partial charge in [0.2, 0.25) is 0 Å². The van der Waals surface area contributed by atoms with Gasteiger partial charge in [-0.05, 0) is 17.7 Å². The number of ether oxygens (including phenoxy) is 1. The van der Waals surface area contributed by atoms with Crippen LogP contribution in [0.25, 0.3) is 0 Å². The molecule has 1 aromatic carbocycles. The Hall–Kier alpha value is 0.130. The van der Waals surface area contributed by atoms with Crippen LogP contribution in [0.2, 0.25) is 0 Å². The molecule has 0 saturated carbocycles. The number of esters is 1. The first-order valence-corrected chi connectivity index (χ1v) is 7.43. The maximum atomic E-state index is 11.2. The second-order valence-corrected chi connectivity index (χ2v) is 4.81. The van der Waals surface area contributed by atoms with E-state index in [1.165, 1.54) is 7.11 Å². The Morgan fingerprint density at radius 1 is 1.25 bits per heavy atom. The summed E-state index contributed by atoms with van der Waals surface area (Å²) in [6.45, 7) is 4.00. The Kier molecular flexibility index (Phi) is 8.32. The average Bonchev–Trinajstić information content (AvgIpc) is 2.30. The van der Waals surface area contributed by atoms with Crippen molar-refractivity contribution in [3.8, 4) is 0 Å². The Bertz CT molecular complexity index is 341. The summed E-state index contributed by atoms with van der Waals surface area (Å²) in [4.78, 5) is 11.2. The average molecular weight is 417 g/mol. The Morgan fingerprint density at radius 3 is 2.00 bits per heavy atom. The van der Waals surface area contributed by atoms with Crippen LogP contribution in [0.4, 0.5) is 0 Å². The van der Waals surface area contributed by atoms with Gasteiger partial charge >= 0.3 is 5.97 Å². The van der Waals surface area contributed by atoms with Crippen molar-refractivity contribution in [2.24, 2.45) is 0 Å². The van der Waals surface area contributed by atoms with Crippen LogP contribution in [0, 0.1) is 0 Å². The molecule has 1 aromatic rings. The summed E-state index contributed by atoms with van der Waals surface area (Å²) < 4.78 is 6.39. The molecule has 1 rings (SSSR count). The third-order valence-electron chi connectivity index (χ3n) is 1.70. The van der Waals surface area contributed by atoms with Gasteiger partial charge in [0.25, 0.3) is 0 Å². The molecule has 0 atom stereocenters. The zero-order valence-electron chi connectivity index (χ0n) is 9.31. The minimum Gasteiger partial charge on any atom is -0.465 e. The molecule has 0 aliphatic carbocycles. The number of carbonyl (C=O) groups is 1. The molecule has 0 heterocycles. The van der Waals surface area contributed by atoms with E-state index in [0.29, 0.717) is 5.56 Å². The van der Waals surface area contributed by atoms with Crippen molar-refractivity contribution >= 4 is 53.8 Å². The maximum absolute atomic E-state index is 11.2. The van der Waals surface area contributed by atoms with E-state index < -0.39 is 0 Å². The molecular formula is C11H13Br3O2. The van der Waals surface area contributed by atoms with E-state index >= 15 is 0 Å². The molecule has 0 aliphatic heterocycles. The topological polar surface area (TPSA) is 26.3 Å². The van der Waals surface area contributed by atoms with E-state index in [-0.39, 0.29) is 5.97 Å². The summed E-state index contributed by atoms with van der Waals surface area (Å²) >= 11 is 10.1.